The summed E-state index contributed by atoms with van der Waals surface area (Å²) in [7, 11) is 1.46. The predicted octanol–water partition coefficient (Wildman–Crippen LogP) is 4.22. The van der Waals surface area contributed by atoms with Crippen LogP contribution >= 0.6 is 28.3 Å². The van der Waals surface area contributed by atoms with E-state index in [0.717, 1.165) is 4.47 Å². The van der Waals surface area contributed by atoms with Crippen molar-refractivity contribution in [1.82, 2.24) is 0 Å². The Kier molecular flexibility index (Phi) is 7.02. The molecular formula is C11H14BrClF3NO. The Balaban J connectivity index is 0.00000289. The van der Waals surface area contributed by atoms with Gasteiger partial charge in [0.1, 0.15) is 5.75 Å². The van der Waals surface area contributed by atoms with Crippen LogP contribution in [0.3, 0.4) is 0 Å². The molecule has 0 bridgehead atoms. The van der Waals surface area contributed by atoms with Gasteiger partial charge in [-0.25, -0.2) is 0 Å². The zero-order chi connectivity index (χ0) is 13.1. The van der Waals surface area contributed by atoms with Crippen molar-refractivity contribution >= 4 is 28.3 Å². The van der Waals surface area contributed by atoms with E-state index in [4.69, 9.17) is 10.5 Å². The normalized spacial score (nSPS) is 12.8. The number of benzene rings is 1. The Morgan fingerprint density at radius 1 is 1.39 bits per heavy atom. The summed E-state index contributed by atoms with van der Waals surface area (Å²) in [5.74, 6) is 0.503. The smallest absolute Gasteiger partial charge is 0.389 e. The minimum Gasteiger partial charge on any atom is -0.496 e. The van der Waals surface area contributed by atoms with Crippen LogP contribution < -0.4 is 10.5 Å². The predicted molar refractivity (Wildman–Crippen MR) is 70.2 cm³/mol. The topological polar surface area (TPSA) is 35.2 Å². The average molecular weight is 349 g/mol. The standard InChI is InChI=1S/C11H13BrF3NO.ClH/c1-17-10-3-2-7(12)6-8(10)9(16)4-5-11(13,14)15;/h2-3,6,9H,4-5,16H2,1H3;1H/t9-;/m0./s1. The third kappa shape index (κ3) is 5.46. The molecule has 0 aliphatic rings. The minimum absolute atomic E-state index is 0. The SMILES string of the molecule is COc1ccc(Br)cc1[C@@H](N)CCC(F)(F)F.Cl. The molecular weight excluding hydrogens is 334 g/mol. The summed E-state index contributed by atoms with van der Waals surface area (Å²) in [4.78, 5) is 0. The maximum atomic E-state index is 12.1. The van der Waals surface area contributed by atoms with Crippen molar-refractivity contribution in [3.8, 4) is 5.75 Å². The highest BCUT2D eigenvalue weighted by atomic mass is 79.9. The molecule has 18 heavy (non-hydrogen) atoms. The lowest BCUT2D eigenvalue weighted by molar-refractivity contribution is -0.136. The number of halogens is 5. The third-order valence-electron chi connectivity index (χ3n) is 2.33. The molecule has 0 spiro atoms. The van der Waals surface area contributed by atoms with Gasteiger partial charge in [-0.1, -0.05) is 15.9 Å². The lowest BCUT2D eigenvalue weighted by Gasteiger charge is -2.17. The van der Waals surface area contributed by atoms with Gasteiger partial charge in [0.15, 0.2) is 0 Å². The molecule has 7 heteroatoms. The molecule has 0 saturated heterocycles. The fourth-order valence-corrected chi connectivity index (χ4v) is 1.85. The molecule has 1 atom stereocenters. The van der Waals surface area contributed by atoms with Gasteiger partial charge >= 0.3 is 6.18 Å². The van der Waals surface area contributed by atoms with E-state index >= 15 is 0 Å². The Morgan fingerprint density at radius 3 is 2.50 bits per heavy atom. The number of methoxy groups -OCH3 is 1. The van der Waals surface area contributed by atoms with Crippen molar-refractivity contribution in [2.45, 2.75) is 25.1 Å². The highest BCUT2D eigenvalue weighted by Crippen LogP contribution is 2.32. The van der Waals surface area contributed by atoms with E-state index in [1.807, 2.05) is 0 Å². The maximum absolute atomic E-state index is 12.1. The van der Waals surface area contributed by atoms with E-state index in [-0.39, 0.29) is 18.8 Å². The molecule has 0 saturated carbocycles. The van der Waals surface area contributed by atoms with Crippen LogP contribution in [0.4, 0.5) is 13.2 Å². The van der Waals surface area contributed by atoms with Crippen LogP contribution in [0.1, 0.15) is 24.4 Å². The van der Waals surface area contributed by atoms with Gasteiger partial charge in [0.05, 0.1) is 7.11 Å². The molecule has 2 N–H and O–H groups in total. The van der Waals surface area contributed by atoms with Gasteiger partial charge in [0.2, 0.25) is 0 Å². The van der Waals surface area contributed by atoms with Gasteiger partial charge in [-0.15, -0.1) is 12.4 Å². The molecule has 0 amide bonds. The number of hydrogen-bond acceptors (Lipinski definition) is 2. The molecule has 0 heterocycles. The van der Waals surface area contributed by atoms with Crippen molar-refractivity contribution in [2.75, 3.05) is 7.11 Å². The number of nitrogens with two attached hydrogens (primary N) is 1. The number of alkyl halides is 3. The first-order valence-electron chi connectivity index (χ1n) is 4.99. The zero-order valence-electron chi connectivity index (χ0n) is 9.63. The second-order valence-corrected chi connectivity index (χ2v) is 4.56. The monoisotopic (exact) mass is 347 g/mol. The second kappa shape index (κ2) is 7.21. The molecule has 0 aliphatic carbocycles. The summed E-state index contributed by atoms with van der Waals surface area (Å²) < 4.78 is 42.1. The summed E-state index contributed by atoms with van der Waals surface area (Å²) in [6.07, 6.45) is -5.24. The zero-order valence-corrected chi connectivity index (χ0v) is 12.0. The fraction of sp³-hybridized carbons (Fsp3) is 0.455. The Hall–Kier alpha value is -0.460. The quantitative estimate of drug-likeness (QED) is 0.884. The summed E-state index contributed by atoms with van der Waals surface area (Å²) in [6.45, 7) is 0. The molecule has 0 aromatic heterocycles. The van der Waals surface area contributed by atoms with Crippen molar-refractivity contribution in [3.63, 3.8) is 0 Å². The van der Waals surface area contributed by atoms with E-state index in [1.54, 1.807) is 18.2 Å². The molecule has 0 unspecified atom stereocenters. The number of hydrogen-bond donors (Lipinski definition) is 1. The van der Waals surface area contributed by atoms with Crippen molar-refractivity contribution in [3.05, 3.63) is 28.2 Å². The van der Waals surface area contributed by atoms with Crippen LogP contribution in [0.5, 0.6) is 5.75 Å². The van der Waals surface area contributed by atoms with E-state index in [1.165, 1.54) is 7.11 Å². The van der Waals surface area contributed by atoms with Gasteiger partial charge < -0.3 is 10.5 Å². The average Bonchev–Trinajstić information content (AvgIpc) is 2.25. The highest BCUT2D eigenvalue weighted by molar-refractivity contribution is 9.10. The number of rotatable bonds is 4. The van der Waals surface area contributed by atoms with Gasteiger partial charge in [-0.05, 0) is 24.6 Å². The fourth-order valence-electron chi connectivity index (χ4n) is 1.47. The van der Waals surface area contributed by atoms with Crippen LogP contribution in [-0.2, 0) is 0 Å². The second-order valence-electron chi connectivity index (χ2n) is 3.65. The maximum Gasteiger partial charge on any atom is 0.389 e. The third-order valence-corrected chi connectivity index (χ3v) is 2.82. The first kappa shape index (κ1) is 17.5. The molecule has 2 nitrogen and oxygen atoms in total. The minimum atomic E-state index is -4.18. The van der Waals surface area contributed by atoms with Gasteiger partial charge in [-0.3, -0.25) is 0 Å². The molecule has 104 valence electrons. The van der Waals surface area contributed by atoms with E-state index in [2.05, 4.69) is 15.9 Å². The first-order valence-corrected chi connectivity index (χ1v) is 5.78. The molecule has 0 aliphatic heterocycles. The summed E-state index contributed by atoms with van der Waals surface area (Å²) in [5.41, 5.74) is 6.32. The van der Waals surface area contributed by atoms with Crippen LogP contribution in [0, 0.1) is 0 Å². The molecule has 1 rings (SSSR count). The molecule has 0 radical (unpaired) electrons. The van der Waals surface area contributed by atoms with Crippen LogP contribution in [0.15, 0.2) is 22.7 Å². The van der Waals surface area contributed by atoms with Crippen LogP contribution in [-0.4, -0.2) is 13.3 Å². The van der Waals surface area contributed by atoms with E-state index in [0.29, 0.717) is 11.3 Å². The highest BCUT2D eigenvalue weighted by Gasteiger charge is 2.28. The lowest BCUT2D eigenvalue weighted by atomic mass is 10.0. The summed E-state index contributed by atoms with van der Waals surface area (Å²) in [5, 5.41) is 0. The summed E-state index contributed by atoms with van der Waals surface area (Å²) in [6, 6.07) is 4.41. The largest absolute Gasteiger partial charge is 0.496 e. The van der Waals surface area contributed by atoms with E-state index < -0.39 is 18.6 Å². The molecule has 0 fully saturated rings. The Labute approximate surface area is 118 Å². The first-order chi connectivity index (χ1) is 7.83. The Bertz CT molecular complexity index is 387. The van der Waals surface area contributed by atoms with Gasteiger partial charge in [0, 0.05) is 22.5 Å². The van der Waals surface area contributed by atoms with Gasteiger partial charge in [-0.2, -0.15) is 13.2 Å². The van der Waals surface area contributed by atoms with Crippen molar-refractivity contribution < 1.29 is 17.9 Å². The van der Waals surface area contributed by atoms with Crippen molar-refractivity contribution in [2.24, 2.45) is 5.73 Å². The van der Waals surface area contributed by atoms with Crippen molar-refractivity contribution in [1.29, 1.82) is 0 Å². The van der Waals surface area contributed by atoms with Crippen LogP contribution in [0.25, 0.3) is 0 Å². The summed E-state index contributed by atoms with van der Waals surface area (Å²) >= 11 is 3.25. The Morgan fingerprint density at radius 2 is 2.00 bits per heavy atom. The lowest BCUT2D eigenvalue weighted by Crippen LogP contribution is -2.16. The molecule has 1 aromatic carbocycles. The number of ether oxygens (including phenoxy) is 1. The molecule has 1 aromatic rings. The van der Waals surface area contributed by atoms with Gasteiger partial charge in [0.25, 0.3) is 0 Å². The van der Waals surface area contributed by atoms with Crippen LogP contribution in [0.2, 0.25) is 0 Å². The van der Waals surface area contributed by atoms with E-state index in [9.17, 15) is 13.2 Å².